The predicted octanol–water partition coefficient (Wildman–Crippen LogP) is 2.64. The first-order valence-corrected chi connectivity index (χ1v) is 8.93. The number of amides is 1. The van der Waals surface area contributed by atoms with Gasteiger partial charge in [-0.25, -0.2) is 0 Å². The molecule has 0 aliphatic heterocycles. The van der Waals surface area contributed by atoms with Crippen molar-refractivity contribution < 1.29 is 9.90 Å². The lowest BCUT2D eigenvalue weighted by Crippen LogP contribution is -2.41. The standard InChI is InChI=1S/C19H33N3O2/c1-12(2)20-9-17-15(11-23)7-8-16(17)18(10-21-13(3)4)19(24)22-14(5)6/h7,9-10,12-14,16-18,23H,8,11H2,1-6H3,(H,22,24)/b20-9?,21-10+. The van der Waals surface area contributed by atoms with E-state index in [9.17, 15) is 9.90 Å². The Bertz CT molecular complexity index is 493. The van der Waals surface area contributed by atoms with Gasteiger partial charge in [0, 0.05) is 36.5 Å². The Morgan fingerprint density at radius 1 is 1.25 bits per heavy atom. The molecule has 2 N–H and O–H groups in total. The zero-order valence-corrected chi connectivity index (χ0v) is 15.9. The Balaban J connectivity index is 3.07. The van der Waals surface area contributed by atoms with Crippen LogP contribution in [0.2, 0.25) is 0 Å². The maximum atomic E-state index is 12.7. The first kappa shape index (κ1) is 20.6. The normalized spacial score (nSPS) is 23.0. The molecule has 3 atom stereocenters. The summed E-state index contributed by atoms with van der Waals surface area (Å²) in [5.74, 6) is -0.288. The Labute approximate surface area is 146 Å². The highest BCUT2D eigenvalue weighted by atomic mass is 16.3. The molecule has 1 aliphatic carbocycles. The molecule has 1 amide bonds. The number of aliphatic hydroxyl groups is 1. The van der Waals surface area contributed by atoms with Crippen molar-refractivity contribution in [1.82, 2.24) is 5.32 Å². The lowest BCUT2D eigenvalue weighted by atomic mass is 9.81. The first-order valence-electron chi connectivity index (χ1n) is 8.93. The van der Waals surface area contributed by atoms with Gasteiger partial charge in [-0.05, 0) is 59.5 Å². The van der Waals surface area contributed by atoms with Crippen LogP contribution in [0.3, 0.4) is 0 Å². The van der Waals surface area contributed by atoms with E-state index in [0.29, 0.717) is 0 Å². The molecule has 0 aromatic carbocycles. The summed E-state index contributed by atoms with van der Waals surface area (Å²) in [4.78, 5) is 21.7. The van der Waals surface area contributed by atoms with E-state index in [2.05, 4.69) is 15.3 Å². The lowest BCUT2D eigenvalue weighted by molar-refractivity contribution is -0.124. The summed E-state index contributed by atoms with van der Waals surface area (Å²) in [5.41, 5.74) is 0.949. The van der Waals surface area contributed by atoms with E-state index in [0.717, 1.165) is 12.0 Å². The van der Waals surface area contributed by atoms with E-state index in [4.69, 9.17) is 0 Å². The van der Waals surface area contributed by atoms with Gasteiger partial charge in [-0.15, -0.1) is 0 Å². The van der Waals surface area contributed by atoms with E-state index in [-0.39, 0.29) is 48.4 Å². The molecular formula is C19H33N3O2. The fourth-order valence-corrected chi connectivity index (χ4v) is 2.87. The van der Waals surface area contributed by atoms with Crippen LogP contribution in [0.4, 0.5) is 0 Å². The summed E-state index contributed by atoms with van der Waals surface area (Å²) >= 11 is 0. The van der Waals surface area contributed by atoms with Crippen molar-refractivity contribution >= 4 is 18.3 Å². The molecule has 0 bridgehead atoms. The van der Waals surface area contributed by atoms with Crippen molar-refractivity contribution in [1.29, 1.82) is 0 Å². The fourth-order valence-electron chi connectivity index (χ4n) is 2.87. The summed E-state index contributed by atoms with van der Waals surface area (Å²) in [7, 11) is 0. The number of hydrogen-bond acceptors (Lipinski definition) is 4. The minimum Gasteiger partial charge on any atom is -0.392 e. The van der Waals surface area contributed by atoms with Crippen LogP contribution in [0.15, 0.2) is 21.6 Å². The average molecular weight is 335 g/mol. The fraction of sp³-hybridized carbons (Fsp3) is 0.737. The van der Waals surface area contributed by atoms with Gasteiger partial charge in [0.25, 0.3) is 0 Å². The highest BCUT2D eigenvalue weighted by molar-refractivity contribution is 5.94. The van der Waals surface area contributed by atoms with Gasteiger partial charge in [-0.3, -0.25) is 14.8 Å². The Kier molecular flexibility index (Phi) is 8.32. The number of nitrogens with zero attached hydrogens (tertiary/aromatic N) is 2. The van der Waals surface area contributed by atoms with Gasteiger partial charge >= 0.3 is 0 Å². The number of nitrogens with one attached hydrogen (secondary N) is 1. The van der Waals surface area contributed by atoms with Gasteiger partial charge in [0.1, 0.15) is 0 Å². The van der Waals surface area contributed by atoms with Crippen molar-refractivity contribution in [3.05, 3.63) is 11.6 Å². The summed E-state index contributed by atoms with van der Waals surface area (Å²) in [6.45, 7) is 12.0. The van der Waals surface area contributed by atoms with Gasteiger partial charge in [-0.1, -0.05) is 6.08 Å². The molecule has 1 aliphatic rings. The Morgan fingerprint density at radius 3 is 2.38 bits per heavy atom. The van der Waals surface area contributed by atoms with Crippen LogP contribution < -0.4 is 5.32 Å². The number of rotatable bonds is 8. The summed E-state index contributed by atoms with van der Waals surface area (Å²) in [6, 6.07) is 0.425. The van der Waals surface area contributed by atoms with Crippen molar-refractivity contribution in [2.75, 3.05) is 6.61 Å². The molecule has 5 heteroatoms. The van der Waals surface area contributed by atoms with Crippen LogP contribution >= 0.6 is 0 Å². The quantitative estimate of drug-likeness (QED) is 0.528. The van der Waals surface area contributed by atoms with Gasteiger partial charge in [0.15, 0.2) is 0 Å². The van der Waals surface area contributed by atoms with E-state index in [1.165, 1.54) is 0 Å². The summed E-state index contributed by atoms with van der Waals surface area (Å²) in [6.07, 6.45) is 6.49. The minimum atomic E-state index is -0.321. The molecule has 3 unspecified atom stereocenters. The average Bonchev–Trinajstić information content (AvgIpc) is 2.87. The third-order valence-corrected chi connectivity index (χ3v) is 4.01. The van der Waals surface area contributed by atoms with Crippen LogP contribution in [0.25, 0.3) is 0 Å². The van der Waals surface area contributed by atoms with Crippen molar-refractivity contribution in [3.8, 4) is 0 Å². The highest BCUT2D eigenvalue weighted by Gasteiger charge is 2.37. The number of carbonyl (C=O) groups excluding carboxylic acids is 1. The lowest BCUT2D eigenvalue weighted by Gasteiger charge is -2.26. The van der Waals surface area contributed by atoms with Crippen LogP contribution in [-0.2, 0) is 4.79 Å². The van der Waals surface area contributed by atoms with E-state index in [1.54, 1.807) is 6.21 Å². The predicted molar refractivity (Wildman–Crippen MR) is 101 cm³/mol. The number of allylic oxidation sites excluding steroid dienone is 1. The Hall–Kier alpha value is -1.49. The number of carbonyl (C=O) groups is 1. The molecule has 24 heavy (non-hydrogen) atoms. The molecule has 0 radical (unpaired) electrons. The monoisotopic (exact) mass is 335 g/mol. The number of aliphatic hydroxyl groups excluding tert-OH is 1. The van der Waals surface area contributed by atoms with E-state index < -0.39 is 0 Å². The van der Waals surface area contributed by atoms with Crippen LogP contribution in [0.5, 0.6) is 0 Å². The molecule has 0 heterocycles. The van der Waals surface area contributed by atoms with Crippen LogP contribution in [0, 0.1) is 17.8 Å². The van der Waals surface area contributed by atoms with Crippen LogP contribution in [0.1, 0.15) is 48.0 Å². The molecule has 0 saturated heterocycles. The number of aliphatic imine (C=N–C) groups is 2. The Morgan fingerprint density at radius 2 is 1.88 bits per heavy atom. The number of hydrogen-bond donors (Lipinski definition) is 2. The molecule has 0 saturated carbocycles. The zero-order valence-electron chi connectivity index (χ0n) is 15.9. The topological polar surface area (TPSA) is 74.0 Å². The summed E-state index contributed by atoms with van der Waals surface area (Å²) in [5, 5.41) is 12.6. The maximum absolute atomic E-state index is 12.7. The van der Waals surface area contributed by atoms with E-state index >= 15 is 0 Å². The third kappa shape index (κ3) is 6.19. The smallest absolute Gasteiger partial charge is 0.229 e. The van der Waals surface area contributed by atoms with Gasteiger partial charge in [-0.2, -0.15) is 0 Å². The van der Waals surface area contributed by atoms with Gasteiger partial charge < -0.3 is 10.4 Å². The second kappa shape index (κ2) is 9.72. The van der Waals surface area contributed by atoms with Crippen molar-refractivity contribution in [2.45, 2.75) is 66.1 Å². The maximum Gasteiger partial charge on any atom is 0.229 e. The second-order valence-electron chi connectivity index (χ2n) is 7.34. The van der Waals surface area contributed by atoms with Gasteiger partial charge in [0.2, 0.25) is 5.91 Å². The summed E-state index contributed by atoms with van der Waals surface area (Å²) < 4.78 is 0. The molecule has 0 spiro atoms. The molecule has 136 valence electrons. The highest BCUT2D eigenvalue weighted by Crippen LogP contribution is 2.36. The van der Waals surface area contributed by atoms with Crippen molar-refractivity contribution in [3.63, 3.8) is 0 Å². The second-order valence-corrected chi connectivity index (χ2v) is 7.34. The molecular weight excluding hydrogens is 302 g/mol. The molecule has 5 nitrogen and oxygen atoms in total. The largest absolute Gasteiger partial charge is 0.392 e. The van der Waals surface area contributed by atoms with E-state index in [1.807, 2.05) is 53.8 Å². The van der Waals surface area contributed by atoms with Gasteiger partial charge in [0.05, 0.1) is 12.5 Å². The van der Waals surface area contributed by atoms with Crippen molar-refractivity contribution in [2.24, 2.45) is 27.7 Å². The first-order chi connectivity index (χ1) is 11.3. The molecule has 0 aromatic heterocycles. The van der Waals surface area contributed by atoms with Crippen LogP contribution in [-0.4, -0.2) is 48.2 Å². The molecule has 1 rings (SSSR count). The SMILES string of the molecule is CC(C)N=CC1C(CO)=CCC1C(/C=N/C(C)C)C(=O)NC(C)C. The molecule has 0 fully saturated rings. The minimum absolute atomic E-state index is 0.00469. The third-order valence-electron chi connectivity index (χ3n) is 4.01. The zero-order chi connectivity index (χ0) is 18.3. The molecule has 0 aromatic rings.